The maximum Gasteiger partial charge on any atom is 0.145 e. The van der Waals surface area contributed by atoms with Crippen molar-refractivity contribution in [1.82, 2.24) is 9.38 Å². The predicted octanol–water partition coefficient (Wildman–Crippen LogP) is 3.64. The number of aromatic nitrogens is 2. The van der Waals surface area contributed by atoms with Gasteiger partial charge in [-0.3, -0.25) is 0 Å². The molecule has 1 aromatic carbocycles. The van der Waals surface area contributed by atoms with Crippen LogP contribution in [0.4, 0.5) is 0 Å². The fraction of sp³-hybridized carbons (Fsp3) is 0.133. The molecule has 2 heterocycles. The number of rotatable bonds is 3. The molecule has 0 saturated carbocycles. The second kappa shape index (κ2) is 5.76. The van der Waals surface area contributed by atoms with Gasteiger partial charge in [-0.25, -0.2) is 4.98 Å². The van der Waals surface area contributed by atoms with Crippen molar-refractivity contribution in [3.05, 3.63) is 66.2 Å². The minimum Gasteiger partial charge on any atom is -0.487 e. The number of hydrogen-bond donors (Lipinski definition) is 0. The summed E-state index contributed by atoms with van der Waals surface area (Å²) in [5, 5.41) is 0. The second-order valence-electron chi connectivity index (χ2n) is 4.21. The van der Waals surface area contributed by atoms with Crippen LogP contribution in [0.25, 0.3) is 5.52 Å². The largest absolute Gasteiger partial charge is 0.487 e. The zero-order chi connectivity index (χ0) is 12.4. The number of aryl methyl sites for hydroxylation is 1. The average molecular weight is 275 g/mol. The Hall–Kier alpha value is -2.00. The molecular formula is C15H15ClN2O. The highest BCUT2D eigenvalue weighted by Crippen LogP contribution is 2.21. The van der Waals surface area contributed by atoms with E-state index < -0.39 is 0 Å². The van der Waals surface area contributed by atoms with Gasteiger partial charge < -0.3 is 9.14 Å². The number of nitrogens with zero attached hydrogens (tertiary/aromatic N) is 2. The zero-order valence-electron chi connectivity index (χ0n) is 10.6. The number of ether oxygens (including phenoxy) is 1. The molecule has 3 aromatic rings. The molecule has 0 N–H and O–H groups in total. The molecule has 0 aliphatic rings. The summed E-state index contributed by atoms with van der Waals surface area (Å²) < 4.78 is 7.89. The van der Waals surface area contributed by atoms with Gasteiger partial charge in [0.05, 0.1) is 6.20 Å². The van der Waals surface area contributed by atoms with Crippen LogP contribution in [-0.4, -0.2) is 9.38 Å². The third kappa shape index (κ3) is 2.71. The van der Waals surface area contributed by atoms with Crippen molar-refractivity contribution in [3.63, 3.8) is 0 Å². The fourth-order valence-corrected chi connectivity index (χ4v) is 1.98. The smallest absolute Gasteiger partial charge is 0.145 e. The van der Waals surface area contributed by atoms with Gasteiger partial charge in [0.2, 0.25) is 0 Å². The van der Waals surface area contributed by atoms with Crippen LogP contribution in [0.15, 0.2) is 54.9 Å². The minimum absolute atomic E-state index is 0. The summed E-state index contributed by atoms with van der Waals surface area (Å²) in [7, 11) is 0. The van der Waals surface area contributed by atoms with Crippen molar-refractivity contribution < 1.29 is 4.74 Å². The van der Waals surface area contributed by atoms with Crippen LogP contribution in [0.5, 0.6) is 5.75 Å². The standard InChI is InChI=1S/C15H14N2O.ClH/c1-12-16-10-14-15(8-5-9-17(12)14)18-11-13-6-3-2-4-7-13;/h2-10H,11H2,1H3;1H. The van der Waals surface area contributed by atoms with E-state index >= 15 is 0 Å². The first-order valence-electron chi connectivity index (χ1n) is 5.94. The number of fused-ring (bicyclic) bond motifs is 1. The van der Waals surface area contributed by atoms with Crippen LogP contribution >= 0.6 is 12.4 Å². The highest BCUT2D eigenvalue weighted by molar-refractivity contribution is 5.85. The highest BCUT2D eigenvalue weighted by atomic mass is 35.5. The number of imidazole rings is 1. The topological polar surface area (TPSA) is 26.5 Å². The third-order valence-corrected chi connectivity index (χ3v) is 2.95. The lowest BCUT2D eigenvalue weighted by Crippen LogP contribution is -1.97. The molecule has 0 aliphatic heterocycles. The molecule has 0 fully saturated rings. The van der Waals surface area contributed by atoms with E-state index in [4.69, 9.17) is 4.74 Å². The van der Waals surface area contributed by atoms with E-state index in [1.807, 2.05) is 54.0 Å². The van der Waals surface area contributed by atoms with Gasteiger partial charge in [-0.05, 0) is 24.6 Å². The van der Waals surface area contributed by atoms with Gasteiger partial charge in [-0.2, -0.15) is 0 Å². The van der Waals surface area contributed by atoms with Crippen LogP contribution in [0.2, 0.25) is 0 Å². The Kier molecular flexibility index (Phi) is 4.07. The number of halogens is 1. The summed E-state index contributed by atoms with van der Waals surface area (Å²) in [4.78, 5) is 4.29. The van der Waals surface area contributed by atoms with E-state index in [-0.39, 0.29) is 12.4 Å². The SMILES string of the molecule is Cc1ncc2c(OCc3ccccc3)cccn12.Cl. The second-order valence-corrected chi connectivity index (χ2v) is 4.21. The fourth-order valence-electron chi connectivity index (χ4n) is 1.98. The predicted molar refractivity (Wildman–Crippen MR) is 78.0 cm³/mol. The molecule has 0 spiro atoms. The Morgan fingerprint density at radius 2 is 1.89 bits per heavy atom. The molecule has 0 radical (unpaired) electrons. The lowest BCUT2D eigenvalue weighted by atomic mass is 10.2. The van der Waals surface area contributed by atoms with Crippen molar-refractivity contribution in [2.45, 2.75) is 13.5 Å². The van der Waals surface area contributed by atoms with Crippen LogP contribution in [0.1, 0.15) is 11.4 Å². The molecule has 19 heavy (non-hydrogen) atoms. The molecule has 0 bridgehead atoms. The van der Waals surface area contributed by atoms with Crippen LogP contribution in [0, 0.1) is 6.92 Å². The summed E-state index contributed by atoms with van der Waals surface area (Å²) in [6.45, 7) is 2.55. The summed E-state index contributed by atoms with van der Waals surface area (Å²) in [6, 6.07) is 14.1. The monoisotopic (exact) mass is 274 g/mol. The molecule has 0 unspecified atom stereocenters. The summed E-state index contributed by atoms with van der Waals surface area (Å²) in [5.41, 5.74) is 2.17. The Labute approximate surface area is 118 Å². The van der Waals surface area contributed by atoms with Crippen molar-refractivity contribution in [3.8, 4) is 5.75 Å². The van der Waals surface area contributed by atoms with Gasteiger partial charge in [0.1, 0.15) is 23.7 Å². The number of pyridine rings is 1. The van der Waals surface area contributed by atoms with E-state index in [0.717, 1.165) is 22.7 Å². The molecule has 3 nitrogen and oxygen atoms in total. The van der Waals surface area contributed by atoms with Crippen LogP contribution < -0.4 is 4.74 Å². The molecule has 0 saturated heterocycles. The van der Waals surface area contributed by atoms with Crippen molar-refractivity contribution >= 4 is 17.9 Å². The molecule has 0 aliphatic carbocycles. The lowest BCUT2D eigenvalue weighted by molar-refractivity contribution is 0.309. The van der Waals surface area contributed by atoms with E-state index in [0.29, 0.717) is 6.61 Å². The van der Waals surface area contributed by atoms with Gasteiger partial charge in [0.25, 0.3) is 0 Å². The Morgan fingerprint density at radius 1 is 1.11 bits per heavy atom. The highest BCUT2D eigenvalue weighted by Gasteiger charge is 2.05. The van der Waals surface area contributed by atoms with Gasteiger partial charge in [-0.1, -0.05) is 30.3 Å². The van der Waals surface area contributed by atoms with Gasteiger partial charge in [0, 0.05) is 6.20 Å². The normalized spacial score (nSPS) is 10.2. The Morgan fingerprint density at radius 3 is 2.68 bits per heavy atom. The molecule has 98 valence electrons. The maximum atomic E-state index is 5.86. The number of benzene rings is 1. The van der Waals surface area contributed by atoms with E-state index in [9.17, 15) is 0 Å². The first kappa shape index (κ1) is 13.4. The minimum atomic E-state index is 0. The first-order chi connectivity index (χ1) is 8.84. The summed E-state index contributed by atoms with van der Waals surface area (Å²) in [5.74, 6) is 1.83. The Bertz CT molecular complexity index is 664. The van der Waals surface area contributed by atoms with Gasteiger partial charge in [-0.15, -0.1) is 12.4 Å². The maximum absolute atomic E-state index is 5.86. The van der Waals surface area contributed by atoms with Crippen LogP contribution in [-0.2, 0) is 6.61 Å². The summed E-state index contributed by atoms with van der Waals surface area (Å²) in [6.07, 6.45) is 3.84. The third-order valence-electron chi connectivity index (χ3n) is 2.95. The Balaban J connectivity index is 0.00000133. The molecule has 3 rings (SSSR count). The van der Waals surface area contributed by atoms with Crippen molar-refractivity contribution in [1.29, 1.82) is 0 Å². The molecule has 4 heteroatoms. The van der Waals surface area contributed by atoms with Gasteiger partial charge >= 0.3 is 0 Å². The first-order valence-corrected chi connectivity index (χ1v) is 5.94. The van der Waals surface area contributed by atoms with Crippen molar-refractivity contribution in [2.24, 2.45) is 0 Å². The van der Waals surface area contributed by atoms with Gasteiger partial charge in [0.15, 0.2) is 0 Å². The van der Waals surface area contributed by atoms with Crippen LogP contribution in [0.3, 0.4) is 0 Å². The van der Waals surface area contributed by atoms with Crippen molar-refractivity contribution in [2.75, 3.05) is 0 Å². The number of hydrogen-bond acceptors (Lipinski definition) is 2. The molecule has 0 amide bonds. The molecule has 0 atom stereocenters. The zero-order valence-corrected chi connectivity index (χ0v) is 11.4. The molecular weight excluding hydrogens is 260 g/mol. The van der Waals surface area contributed by atoms with E-state index in [1.54, 1.807) is 0 Å². The lowest BCUT2D eigenvalue weighted by Gasteiger charge is -2.08. The van der Waals surface area contributed by atoms with E-state index in [2.05, 4.69) is 17.1 Å². The molecule has 2 aromatic heterocycles. The average Bonchev–Trinajstić information content (AvgIpc) is 2.80. The summed E-state index contributed by atoms with van der Waals surface area (Å²) >= 11 is 0. The quantitative estimate of drug-likeness (QED) is 0.729. The van der Waals surface area contributed by atoms with E-state index in [1.165, 1.54) is 0 Å².